The van der Waals surface area contributed by atoms with Crippen LogP contribution in [0.1, 0.15) is 51.9 Å². The van der Waals surface area contributed by atoms with Crippen molar-refractivity contribution in [3.05, 3.63) is 28.8 Å². The van der Waals surface area contributed by atoms with E-state index in [4.69, 9.17) is 16.3 Å². The van der Waals surface area contributed by atoms with E-state index in [-0.39, 0.29) is 36.0 Å². The third-order valence-electron chi connectivity index (χ3n) is 5.26. The Labute approximate surface area is 179 Å². The lowest BCUT2D eigenvalue weighted by Crippen LogP contribution is -2.55. The first-order valence-electron chi connectivity index (χ1n) is 10.5. The van der Waals surface area contributed by atoms with E-state index < -0.39 is 0 Å². The second kappa shape index (κ2) is 10.4. The third kappa shape index (κ3) is 5.93. The summed E-state index contributed by atoms with van der Waals surface area (Å²) in [4.78, 5) is 29.6. The van der Waals surface area contributed by atoms with E-state index in [1.807, 2.05) is 41.5 Å². The van der Waals surface area contributed by atoms with Gasteiger partial charge in [0.1, 0.15) is 0 Å². The number of carbonyl (C=O) groups is 2. The number of benzene rings is 1. The molecule has 0 radical (unpaired) electrons. The Balaban J connectivity index is 2.16. The Morgan fingerprint density at radius 3 is 2.28 bits per heavy atom. The molecule has 1 fully saturated rings. The molecule has 162 valence electrons. The maximum absolute atomic E-state index is 13.1. The van der Waals surface area contributed by atoms with Crippen LogP contribution in [0.2, 0.25) is 5.02 Å². The number of nitrogens with one attached hydrogen (secondary N) is 1. The number of halogens is 1. The van der Waals surface area contributed by atoms with Crippen LogP contribution in [0, 0.1) is 5.92 Å². The van der Waals surface area contributed by atoms with Gasteiger partial charge >= 0.3 is 0 Å². The number of nitrogens with zero attached hydrogens (tertiary/aromatic N) is 2. The van der Waals surface area contributed by atoms with E-state index in [2.05, 4.69) is 10.2 Å². The second-order valence-electron chi connectivity index (χ2n) is 8.06. The summed E-state index contributed by atoms with van der Waals surface area (Å²) in [5.41, 5.74) is 1.04. The van der Waals surface area contributed by atoms with Gasteiger partial charge < -0.3 is 15.0 Å². The normalized spacial score (nSPS) is 21.1. The lowest BCUT2D eigenvalue weighted by atomic mass is 9.99. The lowest BCUT2D eigenvalue weighted by molar-refractivity contribution is -0.130. The highest BCUT2D eigenvalue weighted by Gasteiger charge is 2.34. The van der Waals surface area contributed by atoms with Gasteiger partial charge in [0.2, 0.25) is 5.91 Å². The zero-order valence-corrected chi connectivity index (χ0v) is 19.1. The largest absolute Gasteiger partial charge is 0.373 e. The molecule has 2 rings (SSSR count). The number of anilines is 1. The van der Waals surface area contributed by atoms with E-state index >= 15 is 0 Å². The van der Waals surface area contributed by atoms with Crippen LogP contribution in [0.15, 0.2) is 18.2 Å². The molecule has 0 aromatic heterocycles. The summed E-state index contributed by atoms with van der Waals surface area (Å²) in [7, 11) is 0. The fourth-order valence-electron chi connectivity index (χ4n) is 4.00. The minimum absolute atomic E-state index is 0.0693. The highest BCUT2D eigenvalue weighted by molar-refractivity contribution is 6.34. The molecule has 1 aromatic rings. The monoisotopic (exact) mass is 423 g/mol. The predicted molar refractivity (Wildman–Crippen MR) is 118 cm³/mol. The van der Waals surface area contributed by atoms with Gasteiger partial charge in [-0.05, 0) is 51.8 Å². The third-order valence-corrected chi connectivity index (χ3v) is 5.57. The smallest absolute Gasteiger partial charge is 0.255 e. The van der Waals surface area contributed by atoms with Gasteiger partial charge in [-0.15, -0.1) is 0 Å². The summed E-state index contributed by atoms with van der Waals surface area (Å²) in [5, 5.41) is 3.33. The molecule has 0 aliphatic carbocycles. The highest BCUT2D eigenvalue weighted by Crippen LogP contribution is 2.24. The van der Waals surface area contributed by atoms with Gasteiger partial charge in [-0.3, -0.25) is 14.5 Å². The molecule has 0 bridgehead atoms. The SMILES string of the molecule is CCN(CC)C(=O)c1ccc(NC(=O)C(C(C)C)N2CC(C)OC(C)C2)cc1Cl. The number of morpholine rings is 1. The second-order valence-corrected chi connectivity index (χ2v) is 8.47. The predicted octanol–water partition coefficient (Wildman–Crippen LogP) is 3.89. The van der Waals surface area contributed by atoms with Crippen molar-refractivity contribution >= 4 is 29.1 Å². The van der Waals surface area contributed by atoms with Gasteiger partial charge in [0, 0.05) is 31.9 Å². The van der Waals surface area contributed by atoms with E-state index in [9.17, 15) is 9.59 Å². The lowest BCUT2D eigenvalue weighted by Gasteiger charge is -2.41. The number of ether oxygens (including phenoxy) is 1. The minimum atomic E-state index is -0.264. The summed E-state index contributed by atoms with van der Waals surface area (Å²) in [6.07, 6.45) is 0.181. The van der Waals surface area contributed by atoms with Gasteiger partial charge in [-0.1, -0.05) is 25.4 Å². The van der Waals surface area contributed by atoms with Crippen molar-refractivity contribution in [2.75, 3.05) is 31.5 Å². The Kier molecular flexibility index (Phi) is 8.49. The average molecular weight is 424 g/mol. The Morgan fingerprint density at radius 1 is 1.21 bits per heavy atom. The van der Waals surface area contributed by atoms with E-state index in [0.29, 0.717) is 29.4 Å². The summed E-state index contributed by atoms with van der Waals surface area (Å²) >= 11 is 6.37. The van der Waals surface area contributed by atoms with Gasteiger partial charge in [-0.25, -0.2) is 0 Å². The minimum Gasteiger partial charge on any atom is -0.373 e. The quantitative estimate of drug-likeness (QED) is 0.722. The maximum Gasteiger partial charge on any atom is 0.255 e. The number of amides is 2. The van der Waals surface area contributed by atoms with E-state index in [1.165, 1.54) is 0 Å². The van der Waals surface area contributed by atoms with Gasteiger partial charge in [0.15, 0.2) is 0 Å². The number of rotatable bonds is 7. The molecule has 1 heterocycles. The molecule has 0 saturated carbocycles. The first-order valence-corrected chi connectivity index (χ1v) is 10.8. The Bertz CT molecular complexity index is 711. The van der Waals surface area contributed by atoms with Crippen LogP contribution in [-0.4, -0.2) is 66.0 Å². The standard InChI is InChI=1S/C22H34ClN3O3/c1-7-25(8-2)22(28)18-10-9-17(11-19(18)23)24-21(27)20(14(3)4)26-12-15(5)29-16(6)13-26/h9-11,14-16,20H,7-8,12-13H2,1-6H3,(H,24,27). The topological polar surface area (TPSA) is 61.9 Å². The molecule has 1 aliphatic rings. The molecule has 3 unspecified atom stereocenters. The molecule has 1 aliphatic heterocycles. The highest BCUT2D eigenvalue weighted by atomic mass is 35.5. The van der Waals surface area contributed by atoms with Crippen LogP contribution in [-0.2, 0) is 9.53 Å². The van der Waals surface area contributed by atoms with Crippen molar-refractivity contribution in [1.82, 2.24) is 9.80 Å². The van der Waals surface area contributed by atoms with Crippen molar-refractivity contribution in [3.8, 4) is 0 Å². The zero-order valence-electron chi connectivity index (χ0n) is 18.4. The van der Waals surface area contributed by atoms with Crippen molar-refractivity contribution in [2.24, 2.45) is 5.92 Å². The molecule has 3 atom stereocenters. The van der Waals surface area contributed by atoms with Crippen molar-refractivity contribution in [1.29, 1.82) is 0 Å². The van der Waals surface area contributed by atoms with Crippen LogP contribution in [0.5, 0.6) is 0 Å². The van der Waals surface area contributed by atoms with Crippen molar-refractivity contribution in [2.45, 2.75) is 59.8 Å². The maximum atomic E-state index is 13.1. The molecule has 29 heavy (non-hydrogen) atoms. The average Bonchev–Trinajstić information content (AvgIpc) is 2.61. The first kappa shape index (κ1) is 23.6. The molecule has 6 nitrogen and oxygen atoms in total. The van der Waals surface area contributed by atoms with Crippen LogP contribution >= 0.6 is 11.6 Å². The fourth-order valence-corrected chi connectivity index (χ4v) is 4.26. The van der Waals surface area contributed by atoms with E-state index in [0.717, 1.165) is 13.1 Å². The van der Waals surface area contributed by atoms with Gasteiger partial charge in [0.25, 0.3) is 5.91 Å². The number of hydrogen-bond donors (Lipinski definition) is 1. The first-order chi connectivity index (χ1) is 13.7. The van der Waals surface area contributed by atoms with E-state index in [1.54, 1.807) is 23.1 Å². The Morgan fingerprint density at radius 2 is 1.79 bits per heavy atom. The summed E-state index contributed by atoms with van der Waals surface area (Å²) < 4.78 is 5.81. The molecule has 2 amide bonds. The van der Waals surface area contributed by atoms with Crippen LogP contribution < -0.4 is 5.32 Å². The van der Waals surface area contributed by atoms with Crippen LogP contribution in [0.3, 0.4) is 0 Å². The molecule has 0 spiro atoms. The van der Waals surface area contributed by atoms with Crippen LogP contribution in [0.4, 0.5) is 5.69 Å². The zero-order chi connectivity index (χ0) is 21.7. The van der Waals surface area contributed by atoms with Crippen molar-refractivity contribution in [3.63, 3.8) is 0 Å². The van der Waals surface area contributed by atoms with Gasteiger partial charge in [0.05, 0.1) is 28.8 Å². The Hall–Kier alpha value is -1.63. The molecule has 1 aromatic carbocycles. The fraction of sp³-hybridized carbons (Fsp3) is 0.636. The van der Waals surface area contributed by atoms with Crippen molar-refractivity contribution < 1.29 is 14.3 Å². The summed E-state index contributed by atoms with van der Waals surface area (Å²) in [5.74, 6) is -0.0269. The molecule has 1 N–H and O–H groups in total. The number of carbonyl (C=O) groups excluding carboxylic acids is 2. The summed E-state index contributed by atoms with van der Waals surface area (Å²) in [6.45, 7) is 14.7. The number of hydrogen-bond acceptors (Lipinski definition) is 4. The summed E-state index contributed by atoms with van der Waals surface area (Å²) in [6, 6.07) is 4.81. The molecular weight excluding hydrogens is 390 g/mol. The molecule has 7 heteroatoms. The van der Waals surface area contributed by atoms with Gasteiger partial charge in [-0.2, -0.15) is 0 Å². The molecule has 1 saturated heterocycles. The van der Waals surface area contributed by atoms with Crippen LogP contribution in [0.25, 0.3) is 0 Å². The molecular formula is C22H34ClN3O3.